The Morgan fingerprint density at radius 1 is 0.264 bits per heavy atom. The highest BCUT2D eigenvalue weighted by Crippen LogP contribution is 2.47. The molecule has 0 aliphatic rings. The van der Waals surface area contributed by atoms with E-state index >= 15 is 0 Å². The van der Waals surface area contributed by atoms with Crippen LogP contribution in [-0.4, -0.2) is 4.57 Å². The second-order valence-electron chi connectivity index (χ2n) is 14.1. The number of benzene rings is 10. The molecule has 0 spiro atoms. The SMILES string of the molecule is c1ccc(-n2c3ccccc3c3cc(-c4c5ccccc5c(-c5cccc(-c6ccc7ccccc7c6)c5)c5c4ccc4ccccc45)ccc32)cc1. The summed E-state index contributed by atoms with van der Waals surface area (Å²) < 4.78 is 2.39. The second-order valence-corrected chi connectivity index (χ2v) is 14.1. The Balaban J connectivity index is 1.21. The molecule has 1 nitrogen and oxygen atoms in total. The standard InChI is InChI=1S/C52H33N/c1-2-18-41(19-3-1)53-48-24-11-10-21-43(48)47-33-40(28-30-49(47)53)50-44-22-8-9-23-45(44)51(52-42-20-7-6-14-35(42)27-29-46(50)52)39-17-12-16-37(32-39)38-26-25-34-13-4-5-15-36(34)31-38/h1-33H. The van der Waals surface area contributed by atoms with Crippen molar-refractivity contribution < 1.29 is 0 Å². The lowest BCUT2D eigenvalue weighted by atomic mass is 9.83. The van der Waals surface area contributed by atoms with Crippen LogP contribution >= 0.6 is 0 Å². The molecule has 0 amide bonds. The molecule has 53 heavy (non-hydrogen) atoms. The van der Waals surface area contributed by atoms with E-state index in [0.29, 0.717) is 0 Å². The van der Waals surface area contributed by atoms with E-state index in [1.807, 2.05) is 0 Å². The normalized spacial score (nSPS) is 11.8. The van der Waals surface area contributed by atoms with Crippen LogP contribution in [0.5, 0.6) is 0 Å². The van der Waals surface area contributed by atoms with Gasteiger partial charge in [-0.2, -0.15) is 0 Å². The van der Waals surface area contributed by atoms with Gasteiger partial charge in [-0.05, 0) is 119 Å². The van der Waals surface area contributed by atoms with E-state index in [9.17, 15) is 0 Å². The van der Waals surface area contributed by atoms with Crippen LogP contribution in [0.1, 0.15) is 0 Å². The lowest BCUT2D eigenvalue weighted by Gasteiger charge is -2.20. The Hall–Kier alpha value is -6.96. The van der Waals surface area contributed by atoms with Gasteiger partial charge in [0.05, 0.1) is 11.0 Å². The predicted octanol–water partition coefficient (Wildman–Crippen LogP) is 14.4. The minimum Gasteiger partial charge on any atom is -0.309 e. The Morgan fingerprint density at radius 2 is 0.849 bits per heavy atom. The third-order valence-electron chi connectivity index (χ3n) is 11.1. The molecule has 0 atom stereocenters. The van der Waals surface area contributed by atoms with Gasteiger partial charge < -0.3 is 4.57 Å². The van der Waals surface area contributed by atoms with Crippen molar-refractivity contribution in [2.75, 3.05) is 0 Å². The summed E-state index contributed by atoms with van der Waals surface area (Å²) in [5.41, 5.74) is 11.0. The summed E-state index contributed by atoms with van der Waals surface area (Å²) in [7, 11) is 0. The Bertz CT molecular complexity index is 3220. The van der Waals surface area contributed by atoms with Gasteiger partial charge in [-0.25, -0.2) is 0 Å². The molecule has 0 unspecified atom stereocenters. The fourth-order valence-electron chi connectivity index (χ4n) is 8.77. The maximum Gasteiger partial charge on any atom is 0.0541 e. The monoisotopic (exact) mass is 671 g/mol. The van der Waals surface area contributed by atoms with Crippen LogP contribution in [0.15, 0.2) is 200 Å². The summed E-state index contributed by atoms with van der Waals surface area (Å²) in [5, 5.41) is 12.6. The summed E-state index contributed by atoms with van der Waals surface area (Å²) in [4.78, 5) is 0. The van der Waals surface area contributed by atoms with Gasteiger partial charge in [-0.3, -0.25) is 0 Å². The summed E-state index contributed by atoms with van der Waals surface area (Å²) >= 11 is 0. The molecule has 11 aromatic rings. The fraction of sp³-hybridized carbons (Fsp3) is 0. The summed E-state index contributed by atoms with van der Waals surface area (Å²) in [6.45, 7) is 0. The van der Waals surface area contributed by atoms with Crippen LogP contribution in [0, 0.1) is 0 Å². The second kappa shape index (κ2) is 11.8. The molecule has 0 aliphatic heterocycles. The zero-order chi connectivity index (χ0) is 34.9. The molecule has 0 aliphatic carbocycles. The van der Waals surface area contributed by atoms with Crippen LogP contribution in [0.4, 0.5) is 0 Å². The summed E-state index contributed by atoms with van der Waals surface area (Å²) in [6, 6.07) is 73.6. The Kier molecular flexibility index (Phi) is 6.62. The van der Waals surface area contributed by atoms with E-state index in [-0.39, 0.29) is 0 Å². The maximum atomic E-state index is 2.42. The predicted molar refractivity (Wildman–Crippen MR) is 227 cm³/mol. The molecule has 0 saturated heterocycles. The maximum absolute atomic E-state index is 2.42. The smallest absolute Gasteiger partial charge is 0.0541 e. The molecule has 0 fully saturated rings. The summed E-state index contributed by atoms with van der Waals surface area (Å²) in [5.74, 6) is 0. The molecule has 246 valence electrons. The number of aromatic nitrogens is 1. The van der Waals surface area contributed by atoms with Crippen molar-refractivity contribution in [3.05, 3.63) is 200 Å². The van der Waals surface area contributed by atoms with Gasteiger partial charge in [0.15, 0.2) is 0 Å². The van der Waals surface area contributed by atoms with Crippen molar-refractivity contribution in [2.24, 2.45) is 0 Å². The first-order valence-corrected chi connectivity index (χ1v) is 18.3. The largest absolute Gasteiger partial charge is 0.309 e. The molecule has 0 bridgehead atoms. The van der Waals surface area contributed by atoms with Gasteiger partial charge in [-0.15, -0.1) is 0 Å². The van der Waals surface area contributed by atoms with Crippen LogP contribution < -0.4 is 0 Å². The fourth-order valence-corrected chi connectivity index (χ4v) is 8.77. The number of hydrogen-bond acceptors (Lipinski definition) is 0. The number of para-hydroxylation sites is 2. The summed E-state index contributed by atoms with van der Waals surface area (Å²) in [6.07, 6.45) is 0. The first kappa shape index (κ1) is 29.7. The van der Waals surface area contributed by atoms with Crippen molar-refractivity contribution in [1.82, 2.24) is 4.57 Å². The molecule has 1 heterocycles. The van der Waals surface area contributed by atoms with Crippen molar-refractivity contribution >= 4 is 64.9 Å². The zero-order valence-corrected chi connectivity index (χ0v) is 29.0. The van der Waals surface area contributed by atoms with Crippen LogP contribution in [0.2, 0.25) is 0 Å². The van der Waals surface area contributed by atoms with E-state index in [1.165, 1.54) is 104 Å². The number of hydrogen-bond donors (Lipinski definition) is 0. The van der Waals surface area contributed by atoms with Gasteiger partial charge >= 0.3 is 0 Å². The van der Waals surface area contributed by atoms with E-state index in [2.05, 4.69) is 205 Å². The third kappa shape index (κ3) is 4.64. The van der Waals surface area contributed by atoms with Gasteiger partial charge in [0, 0.05) is 16.5 Å². The quantitative estimate of drug-likeness (QED) is 0.130. The highest BCUT2D eigenvalue weighted by Gasteiger charge is 2.20. The molecule has 10 aromatic carbocycles. The zero-order valence-electron chi connectivity index (χ0n) is 29.0. The lowest BCUT2D eigenvalue weighted by Crippen LogP contribution is -1.94. The number of rotatable bonds is 4. The highest BCUT2D eigenvalue weighted by molar-refractivity contribution is 6.28. The molecular weight excluding hydrogens is 639 g/mol. The average molecular weight is 672 g/mol. The number of nitrogens with zero attached hydrogens (tertiary/aromatic N) is 1. The lowest BCUT2D eigenvalue weighted by molar-refractivity contribution is 1.18. The molecule has 1 heteroatoms. The van der Waals surface area contributed by atoms with Crippen molar-refractivity contribution in [3.8, 4) is 39.1 Å². The Morgan fingerprint density at radius 3 is 1.70 bits per heavy atom. The van der Waals surface area contributed by atoms with E-state index < -0.39 is 0 Å². The van der Waals surface area contributed by atoms with Crippen molar-refractivity contribution in [2.45, 2.75) is 0 Å². The van der Waals surface area contributed by atoms with Gasteiger partial charge in [-0.1, -0.05) is 158 Å². The minimum absolute atomic E-state index is 1.17. The van der Waals surface area contributed by atoms with Gasteiger partial charge in [0.1, 0.15) is 0 Å². The molecule has 1 aromatic heterocycles. The van der Waals surface area contributed by atoms with E-state index in [0.717, 1.165) is 0 Å². The topological polar surface area (TPSA) is 4.93 Å². The van der Waals surface area contributed by atoms with Crippen LogP contribution in [-0.2, 0) is 0 Å². The van der Waals surface area contributed by atoms with Gasteiger partial charge in [0.25, 0.3) is 0 Å². The molecule has 0 radical (unpaired) electrons. The molecule has 0 N–H and O–H groups in total. The Labute approximate surface area is 307 Å². The van der Waals surface area contributed by atoms with Crippen LogP contribution in [0.25, 0.3) is 104 Å². The highest BCUT2D eigenvalue weighted by atomic mass is 15.0. The van der Waals surface area contributed by atoms with Crippen molar-refractivity contribution in [1.29, 1.82) is 0 Å². The first-order chi connectivity index (χ1) is 26.3. The first-order valence-electron chi connectivity index (χ1n) is 18.3. The third-order valence-corrected chi connectivity index (χ3v) is 11.1. The van der Waals surface area contributed by atoms with Crippen LogP contribution in [0.3, 0.4) is 0 Å². The minimum atomic E-state index is 1.17. The molecule has 11 rings (SSSR count). The van der Waals surface area contributed by atoms with Crippen molar-refractivity contribution in [3.63, 3.8) is 0 Å². The average Bonchev–Trinajstić information content (AvgIpc) is 3.56. The number of fused-ring (bicyclic) bond motifs is 8. The molecule has 0 saturated carbocycles. The van der Waals surface area contributed by atoms with E-state index in [4.69, 9.17) is 0 Å². The van der Waals surface area contributed by atoms with Gasteiger partial charge in [0.2, 0.25) is 0 Å². The molecular formula is C52H33N. The van der Waals surface area contributed by atoms with E-state index in [1.54, 1.807) is 0 Å².